The van der Waals surface area contributed by atoms with Gasteiger partial charge in [0.25, 0.3) is 17.8 Å². The van der Waals surface area contributed by atoms with Crippen LogP contribution in [0.25, 0.3) is 0 Å². The number of nitrogens with two attached hydrogens (primary N) is 1. The van der Waals surface area contributed by atoms with Crippen molar-refractivity contribution in [1.82, 2.24) is 4.98 Å². The molecule has 0 aliphatic heterocycles. The van der Waals surface area contributed by atoms with E-state index in [1.165, 1.54) is 0 Å². The van der Waals surface area contributed by atoms with Crippen LogP contribution < -0.4 is 11.2 Å². The standard InChI is InChI=1S/C7H5F2N3O4/c8-6(9)3-4(12(15)16)5(13)2(1-11-3)7(10)14/h1,6H,(H2,10,14)(H,11,13). The third-order valence-corrected chi connectivity index (χ3v) is 1.75. The molecule has 0 saturated carbocycles. The Kier molecular flexibility index (Phi) is 2.97. The molecule has 1 amide bonds. The number of rotatable bonds is 3. The van der Waals surface area contributed by atoms with Gasteiger partial charge in [-0.05, 0) is 0 Å². The minimum absolute atomic E-state index is 0.624. The van der Waals surface area contributed by atoms with Gasteiger partial charge < -0.3 is 10.7 Å². The molecule has 0 aromatic carbocycles. The number of aromatic nitrogens is 1. The molecule has 1 aromatic rings. The number of carbonyl (C=O) groups excluding carboxylic acids is 1. The Hall–Kier alpha value is -2.32. The van der Waals surface area contributed by atoms with E-state index >= 15 is 0 Å². The van der Waals surface area contributed by atoms with Crippen molar-refractivity contribution in [3.63, 3.8) is 0 Å². The topological polar surface area (TPSA) is 119 Å². The summed E-state index contributed by atoms with van der Waals surface area (Å²) in [6.45, 7) is 0. The summed E-state index contributed by atoms with van der Waals surface area (Å²) >= 11 is 0. The van der Waals surface area contributed by atoms with Crippen LogP contribution in [0.5, 0.6) is 0 Å². The van der Waals surface area contributed by atoms with Gasteiger partial charge in [0.15, 0.2) is 5.69 Å². The van der Waals surface area contributed by atoms with Crippen LogP contribution in [0.3, 0.4) is 0 Å². The van der Waals surface area contributed by atoms with E-state index in [1.807, 2.05) is 4.98 Å². The maximum atomic E-state index is 12.3. The third kappa shape index (κ3) is 1.87. The second kappa shape index (κ2) is 4.04. The molecule has 0 unspecified atom stereocenters. The quantitative estimate of drug-likeness (QED) is 0.576. The average molecular weight is 233 g/mol. The molecule has 0 aliphatic rings. The first-order chi connectivity index (χ1) is 7.36. The summed E-state index contributed by atoms with van der Waals surface area (Å²) in [5, 5.41) is 10.4. The molecule has 7 nitrogen and oxygen atoms in total. The number of amides is 1. The Morgan fingerprint density at radius 2 is 2.12 bits per heavy atom. The lowest BCUT2D eigenvalue weighted by Crippen LogP contribution is -2.25. The summed E-state index contributed by atoms with van der Waals surface area (Å²) in [6, 6.07) is 0. The minimum Gasteiger partial charge on any atom is -0.365 e. The van der Waals surface area contributed by atoms with Gasteiger partial charge in [0.05, 0.1) is 4.92 Å². The Morgan fingerprint density at radius 3 is 2.50 bits per heavy atom. The van der Waals surface area contributed by atoms with Gasteiger partial charge in [-0.1, -0.05) is 0 Å². The van der Waals surface area contributed by atoms with Crippen LogP contribution in [-0.2, 0) is 0 Å². The number of primary amides is 1. The van der Waals surface area contributed by atoms with Gasteiger partial charge in [-0.25, -0.2) is 8.78 Å². The predicted octanol–water partition coefficient (Wildman–Crippen LogP) is 0.320. The van der Waals surface area contributed by atoms with E-state index in [0.717, 1.165) is 0 Å². The first-order valence-electron chi connectivity index (χ1n) is 3.84. The third-order valence-electron chi connectivity index (χ3n) is 1.75. The van der Waals surface area contributed by atoms with Crippen molar-refractivity contribution >= 4 is 11.6 Å². The molecule has 86 valence electrons. The van der Waals surface area contributed by atoms with Crippen molar-refractivity contribution in [3.8, 4) is 0 Å². The van der Waals surface area contributed by atoms with Gasteiger partial charge in [0.1, 0.15) is 5.56 Å². The lowest BCUT2D eigenvalue weighted by atomic mass is 10.2. The van der Waals surface area contributed by atoms with Gasteiger partial charge >= 0.3 is 5.69 Å². The van der Waals surface area contributed by atoms with E-state index < -0.39 is 39.6 Å². The molecular weight excluding hydrogens is 228 g/mol. The first-order valence-corrected chi connectivity index (χ1v) is 3.84. The fraction of sp³-hybridized carbons (Fsp3) is 0.143. The molecule has 16 heavy (non-hydrogen) atoms. The van der Waals surface area contributed by atoms with Crippen LogP contribution in [0.15, 0.2) is 11.0 Å². The normalized spacial score (nSPS) is 10.4. The maximum Gasteiger partial charge on any atom is 0.342 e. The van der Waals surface area contributed by atoms with Gasteiger partial charge in [-0.3, -0.25) is 19.7 Å². The van der Waals surface area contributed by atoms with Gasteiger partial charge in [-0.15, -0.1) is 0 Å². The number of nitrogens with one attached hydrogen (secondary N) is 1. The van der Waals surface area contributed by atoms with E-state index in [0.29, 0.717) is 6.20 Å². The zero-order chi connectivity index (χ0) is 12.5. The molecule has 9 heteroatoms. The Balaban J connectivity index is 3.61. The van der Waals surface area contributed by atoms with Crippen LogP contribution in [-0.4, -0.2) is 15.8 Å². The van der Waals surface area contributed by atoms with Crippen LogP contribution >= 0.6 is 0 Å². The van der Waals surface area contributed by atoms with E-state index in [4.69, 9.17) is 5.73 Å². The number of pyridine rings is 1. The number of nitrogens with zero attached hydrogens (tertiary/aromatic N) is 1. The molecule has 0 radical (unpaired) electrons. The summed E-state index contributed by atoms with van der Waals surface area (Å²) in [6.07, 6.45) is -2.60. The number of nitro groups is 1. The number of aromatic amines is 1. The van der Waals surface area contributed by atoms with Crippen molar-refractivity contribution < 1.29 is 18.5 Å². The van der Waals surface area contributed by atoms with Gasteiger partial charge in [-0.2, -0.15) is 0 Å². The second-order valence-electron chi connectivity index (χ2n) is 2.72. The Labute approximate surface area is 86.0 Å². The molecule has 1 rings (SSSR count). The molecule has 0 atom stereocenters. The summed E-state index contributed by atoms with van der Waals surface area (Å²) in [5.74, 6) is -1.23. The highest BCUT2D eigenvalue weighted by Gasteiger charge is 2.29. The predicted molar refractivity (Wildman–Crippen MR) is 47.2 cm³/mol. The molecular formula is C7H5F2N3O4. The minimum atomic E-state index is -3.23. The monoisotopic (exact) mass is 233 g/mol. The number of alkyl halides is 2. The molecule has 0 saturated heterocycles. The van der Waals surface area contributed by atoms with E-state index in [2.05, 4.69) is 0 Å². The van der Waals surface area contributed by atoms with Crippen LogP contribution in [0.2, 0.25) is 0 Å². The van der Waals surface area contributed by atoms with Crippen molar-refractivity contribution in [2.45, 2.75) is 6.43 Å². The highest BCUT2D eigenvalue weighted by atomic mass is 19.3. The van der Waals surface area contributed by atoms with Crippen molar-refractivity contribution in [2.75, 3.05) is 0 Å². The molecule has 3 N–H and O–H groups in total. The first kappa shape index (κ1) is 11.8. The number of H-pyrrole nitrogens is 1. The summed E-state index contributed by atoms with van der Waals surface area (Å²) in [7, 11) is 0. The largest absolute Gasteiger partial charge is 0.365 e. The highest BCUT2D eigenvalue weighted by molar-refractivity contribution is 5.93. The maximum absolute atomic E-state index is 12.3. The number of hydrogen-bond donors (Lipinski definition) is 2. The molecule has 0 spiro atoms. The highest BCUT2D eigenvalue weighted by Crippen LogP contribution is 2.23. The fourth-order valence-electron chi connectivity index (χ4n) is 1.06. The molecule has 1 heterocycles. The Morgan fingerprint density at radius 1 is 1.56 bits per heavy atom. The Bertz CT molecular complexity index is 511. The lowest BCUT2D eigenvalue weighted by Gasteiger charge is -2.02. The van der Waals surface area contributed by atoms with Crippen LogP contribution in [0, 0.1) is 10.1 Å². The van der Waals surface area contributed by atoms with E-state index in [-0.39, 0.29) is 0 Å². The average Bonchev–Trinajstić information content (AvgIpc) is 2.15. The number of halogens is 2. The van der Waals surface area contributed by atoms with Crippen molar-refractivity contribution in [3.05, 3.63) is 37.8 Å². The molecule has 0 fully saturated rings. The molecule has 1 aromatic heterocycles. The van der Waals surface area contributed by atoms with Crippen molar-refractivity contribution in [2.24, 2.45) is 5.73 Å². The second-order valence-corrected chi connectivity index (χ2v) is 2.72. The SMILES string of the molecule is NC(=O)c1c[nH]c(C(F)F)c([N+](=O)[O-])c1=O. The molecule has 0 bridgehead atoms. The summed E-state index contributed by atoms with van der Waals surface area (Å²) < 4.78 is 24.6. The summed E-state index contributed by atoms with van der Waals surface area (Å²) in [5.41, 5.74) is 0.0546. The zero-order valence-corrected chi connectivity index (χ0v) is 7.57. The van der Waals surface area contributed by atoms with Gasteiger partial charge in [0.2, 0.25) is 0 Å². The van der Waals surface area contributed by atoms with E-state index in [9.17, 15) is 28.5 Å². The zero-order valence-electron chi connectivity index (χ0n) is 7.57. The lowest BCUT2D eigenvalue weighted by molar-refractivity contribution is -0.387. The fourth-order valence-corrected chi connectivity index (χ4v) is 1.06. The van der Waals surface area contributed by atoms with Crippen LogP contribution in [0.1, 0.15) is 22.5 Å². The number of hydrogen-bond acceptors (Lipinski definition) is 4. The molecule has 0 aliphatic carbocycles. The van der Waals surface area contributed by atoms with E-state index in [1.54, 1.807) is 0 Å². The smallest absolute Gasteiger partial charge is 0.342 e. The van der Waals surface area contributed by atoms with Crippen LogP contribution in [0.4, 0.5) is 14.5 Å². The number of carbonyl (C=O) groups is 1. The van der Waals surface area contributed by atoms with Crippen molar-refractivity contribution in [1.29, 1.82) is 0 Å². The van der Waals surface area contributed by atoms with Gasteiger partial charge in [0, 0.05) is 6.20 Å². The summed E-state index contributed by atoms with van der Waals surface area (Å²) in [4.78, 5) is 32.9.